The normalized spacial score (nSPS) is 16.2. The number of hydrogen-bond acceptors (Lipinski definition) is 5. The van der Waals surface area contributed by atoms with E-state index in [1.54, 1.807) is 29.3 Å². The lowest BCUT2D eigenvalue weighted by molar-refractivity contribution is -0.133. The number of piperazine rings is 1. The molecule has 10 heteroatoms. The minimum Gasteiger partial charge on any atom is -0.360 e. The third-order valence-electron chi connectivity index (χ3n) is 5.15. The van der Waals surface area contributed by atoms with Crippen LogP contribution in [-0.4, -0.2) is 57.4 Å². The van der Waals surface area contributed by atoms with Gasteiger partial charge in [0.25, 0.3) is 5.91 Å². The molecule has 0 spiro atoms. The molecule has 3 heterocycles. The predicted octanol–water partition coefficient (Wildman–Crippen LogP) is 0.586. The van der Waals surface area contributed by atoms with Gasteiger partial charge in [-0.2, -0.15) is 0 Å². The molecule has 0 bridgehead atoms. The van der Waals surface area contributed by atoms with Crippen molar-refractivity contribution in [1.29, 1.82) is 0 Å². The summed E-state index contributed by atoms with van der Waals surface area (Å²) >= 11 is 0. The van der Waals surface area contributed by atoms with Crippen LogP contribution in [0.1, 0.15) is 22.2 Å². The van der Waals surface area contributed by atoms with Crippen molar-refractivity contribution in [2.24, 2.45) is 7.05 Å². The molecular formula is C20H23ClN6O3. The molecule has 1 atom stereocenters. The smallest absolute Gasteiger partial charge is 0.257 e. The first-order valence-corrected chi connectivity index (χ1v) is 9.42. The lowest BCUT2D eigenvalue weighted by Crippen LogP contribution is -2.52. The zero-order chi connectivity index (χ0) is 20.4. The Balaban J connectivity index is 0.00000256. The summed E-state index contributed by atoms with van der Waals surface area (Å²) in [4.78, 5) is 46.9. The standard InChI is InChI=1S/C20H22N6O3.ClH/c1-25-8-7-22-19(25)16-11-21-6-9-26(16)17(27)12-24-20(29)14-10-23-15-5-3-2-4-13(15)18(14)28;/h2-5,7-8,10,16,21H,6,9,11-12H2,1H3,(H,23,28)(H,24,29);1H. The molecule has 0 radical (unpaired) electrons. The van der Waals surface area contributed by atoms with Crippen LogP contribution in [0.4, 0.5) is 0 Å². The quantitative estimate of drug-likeness (QED) is 0.560. The number of fused-ring (bicyclic) bond motifs is 1. The number of benzene rings is 1. The van der Waals surface area contributed by atoms with Crippen LogP contribution in [0.15, 0.2) is 47.7 Å². The van der Waals surface area contributed by atoms with E-state index >= 15 is 0 Å². The van der Waals surface area contributed by atoms with E-state index in [9.17, 15) is 14.4 Å². The number of H-pyrrole nitrogens is 1. The van der Waals surface area contributed by atoms with Crippen molar-refractivity contribution < 1.29 is 9.59 Å². The number of halogens is 1. The number of pyridine rings is 1. The predicted molar refractivity (Wildman–Crippen MR) is 115 cm³/mol. The zero-order valence-electron chi connectivity index (χ0n) is 16.4. The number of aromatic amines is 1. The van der Waals surface area contributed by atoms with Gasteiger partial charge in [0.15, 0.2) is 0 Å². The molecule has 1 saturated heterocycles. The number of hydrogen-bond donors (Lipinski definition) is 3. The van der Waals surface area contributed by atoms with Gasteiger partial charge in [-0.25, -0.2) is 4.98 Å². The van der Waals surface area contributed by atoms with E-state index in [1.807, 2.05) is 23.9 Å². The Bertz CT molecular complexity index is 1120. The number of aromatic nitrogens is 3. The molecule has 3 aromatic rings. The summed E-state index contributed by atoms with van der Waals surface area (Å²) in [5.74, 6) is -0.0121. The largest absolute Gasteiger partial charge is 0.360 e. The van der Waals surface area contributed by atoms with E-state index in [2.05, 4.69) is 20.6 Å². The van der Waals surface area contributed by atoms with Gasteiger partial charge in [-0.15, -0.1) is 12.4 Å². The Labute approximate surface area is 178 Å². The molecule has 3 N–H and O–H groups in total. The van der Waals surface area contributed by atoms with E-state index in [-0.39, 0.29) is 41.9 Å². The highest BCUT2D eigenvalue weighted by Gasteiger charge is 2.30. The lowest BCUT2D eigenvalue weighted by atomic mass is 10.1. The Kier molecular flexibility index (Phi) is 6.53. The van der Waals surface area contributed by atoms with E-state index in [1.165, 1.54) is 6.20 Å². The second-order valence-electron chi connectivity index (χ2n) is 6.96. The summed E-state index contributed by atoms with van der Waals surface area (Å²) in [5.41, 5.74) is 0.277. The third-order valence-corrected chi connectivity index (χ3v) is 5.15. The molecule has 1 aliphatic rings. The molecule has 9 nitrogen and oxygen atoms in total. The first-order chi connectivity index (χ1) is 14.1. The number of imidazole rings is 1. The van der Waals surface area contributed by atoms with Crippen LogP contribution in [0.5, 0.6) is 0 Å². The van der Waals surface area contributed by atoms with Crippen molar-refractivity contribution in [2.75, 3.05) is 26.2 Å². The fourth-order valence-electron chi connectivity index (χ4n) is 3.62. The topological polar surface area (TPSA) is 112 Å². The molecule has 4 rings (SSSR count). The van der Waals surface area contributed by atoms with E-state index in [0.717, 1.165) is 5.82 Å². The maximum atomic E-state index is 12.8. The number of carbonyl (C=O) groups excluding carboxylic acids is 2. The molecule has 1 unspecified atom stereocenters. The van der Waals surface area contributed by atoms with Crippen molar-refractivity contribution in [3.63, 3.8) is 0 Å². The first-order valence-electron chi connectivity index (χ1n) is 9.42. The maximum Gasteiger partial charge on any atom is 0.257 e. The van der Waals surface area contributed by atoms with Gasteiger partial charge >= 0.3 is 0 Å². The van der Waals surface area contributed by atoms with Crippen LogP contribution in [0.2, 0.25) is 0 Å². The fourth-order valence-corrected chi connectivity index (χ4v) is 3.62. The number of carbonyl (C=O) groups is 2. The van der Waals surface area contributed by atoms with E-state index in [4.69, 9.17) is 0 Å². The minimum absolute atomic E-state index is 0. The zero-order valence-corrected chi connectivity index (χ0v) is 17.2. The summed E-state index contributed by atoms with van der Waals surface area (Å²) in [6, 6.07) is 6.77. The van der Waals surface area contributed by atoms with Gasteiger partial charge in [0.2, 0.25) is 11.3 Å². The molecule has 2 aromatic heterocycles. The van der Waals surface area contributed by atoms with Crippen LogP contribution in [0.25, 0.3) is 10.9 Å². The lowest BCUT2D eigenvalue weighted by Gasteiger charge is -2.35. The first kappa shape index (κ1) is 21.5. The third kappa shape index (κ3) is 4.07. The summed E-state index contributed by atoms with van der Waals surface area (Å²) < 4.78 is 1.88. The Morgan fingerprint density at radius 2 is 2.10 bits per heavy atom. The van der Waals surface area contributed by atoms with E-state index < -0.39 is 5.91 Å². The summed E-state index contributed by atoms with van der Waals surface area (Å²) in [7, 11) is 1.88. The van der Waals surface area contributed by atoms with Gasteiger partial charge < -0.3 is 25.1 Å². The molecule has 2 amide bonds. The maximum absolute atomic E-state index is 12.8. The average Bonchev–Trinajstić information content (AvgIpc) is 3.18. The Morgan fingerprint density at radius 3 is 2.87 bits per heavy atom. The van der Waals surface area contributed by atoms with Crippen molar-refractivity contribution in [3.05, 3.63) is 64.5 Å². The van der Waals surface area contributed by atoms with Gasteiger partial charge in [-0.1, -0.05) is 12.1 Å². The second kappa shape index (κ2) is 9.10. The number of para-hydroxylation sites is 1. The number of amides is 2. The summed E-state index contributed by atoms with van der Waals surface area (Å²) in [6.07, 6.45) is 4.91. The molecule has 158 valence electrons. The van der Waals surface area contributed by atoms with Gasteiger partial charge in [-0.05, 0) is 12.1 Å². The minimum atomic E-state index is -0.575. The van der Waals surface area contributed by atoms with Crippen LogP contribution in [0, 0.1) is 0 Å². The number of nitrogens with zero attached hydrogens (tertiary/aromatic N) is 3. The Morgan fingerprint density at radius 1 is 1.30 bits per heavy atom. The van der Waals surface area contributed by atoms with Gasteiger partial charge in [0, 0.05) is 56.2 Å². The van der Waals surface area contributed by atoms with Gasteiger partial charge in [0.1, 0.15) is 17.4 Å². The van der Waals surface area contributed by atoms with E-state index in [0.29, 0.717) is 30.5 Å². The summed E-state index contributed by atoms with van der Waals surface area (Å²) in [5, 5.41) is 6.29. The van der Waals surface area contributed by atoms with Crippen molar-refractivity contribution in [1.82, 2.24) is 30.1 Å². The highest BCUT2D eigenvalue weighted by Crippen LogP contribution is 2.20. The monoisotopic (exact) mass is 430 g/mol. The molecule has 1 aliphatic heterocycles. The second-order valence-corrected chi connectivity index (χ2v) is 6.96. The molecule has 0 aliphatic carbocycles. The molecule has 1 fully saturated rings. The van der Waals surface area contributed by atoms with Crippen LogP contribution < -0.4 is 16.1 Å². The molecular weight excluding hydrogens is 408 g/mol. The van der Waals surface area contributed by atoms with Crippen molar-refractivity contribution >= 4 is 35.1 Å². The highest BCUT2D eigenvalue weighted by molar-refractivity contribution is 5.98. The SMILES string of the molecule is Cl.Cn1ccnc1C1CNCCN1C(=O)CNC(=O)c1c[nH]c2ccccc2c1=O. The van der Waals surface area contributed by atoms with Crippen LogP contribution in [0.3, 0.4) is 0 Å². The molecule has 30 heavy (non-hydrogen) atoms. The van der Waals surface area contributed by atoms with Gasteiger partial charge in [-0.3, -0.25) is 14.4 Å². The van der Waals surface area contributed by atoms with Crippen LogP contribution >= 0.6 is 12.4 Å². The molecule has 0 saturated carbocycles. The molecule has 1 aromatic carbocycles. The number of aryl methyl sites for hydroxylation is 1. The van der Waals surface area contributed by atoms with Crippen molar-refractivity contribution in [3.8, 4) is 0 Å². The number of nitrogens with one attached hydrogen (secondary N) is 3. The number of rotatable bonds is 4. The average molecular weight is 431 g/mol. The fraction of sp³-hybridized carbons (Fsp3) is 0.300. The Hall–Kier alpha value is -3.17. The summed E-state index contributed by atoms with van der Waals surface area (Å²) in [6.45, 7) is 1.59. The van der Waals surface area contributed by atoms with Crippen LogP contribution in [-0.2, 0) is 11.8 Å². The van der Waals surface area contributed by atoms with Crippen molar-refractivity contribution in [2.45, 2.75) is 6.04 Å². The highest BCUT2D eigenvalue weighted by atomic mass is 35.5. The van der Waals surface area contributed by atoms with Gasteiger partial charge in [0.05, 0.1) is 6.54 Å².